The lowest BCUT2D eigenvalue weighted by molar-refractivity contribution is 0.255. The molecule has 0 amide bonds. The van der Waals surface area contributed by atoms with Gasteiger partial charge in [-0.1, -0.05) is 20.8 Å². The first-order chi connectivity index (χ1) is 4.53. The average Bonchev–Trinajstić information content (AvgIpc) is 2.42. The van der Waals surface area contributed by atoms with Crippen molar-refractivity contribution in [2.45, 2.75) is 33.6 Å². The van der Waals surface area contributed by atoms with Crippen LogP contribution in [0.5, 0.6) is 0 Å². The third-order valence-electron chi connectivity index (χ3n) is 2.18. The second-order valence-corrected chi connectivity index (χ2v) is 4.70. The molecule has 1 heteroatoms. The molecule has 1 aliphatic rings. The summed E-state index contributed by atoms with van der Waals surface area (Å²) >= 11 is 0. The molecule has 0 aromatic carbocycles. The van der Waals surface area contributed by atoms with Gasteiger partial charge in [0.1, 0.15) is 0 Å². The van der Waals surface area contributed by atoms with Crippen molar-refractivity contribution < 1.29 is 5.11 Å². The molecule has 1 aliphatic carbocycles. The molecule has 1 nitrogen and oxygen atoms in total. The summed E-state index contributed by atoms with van der Waals surface area (Å²) in [5, 5.41) is 8.77. The molecule has 60 valence electrons. The second-order valence-electron chi connectivity index (χ2n) is 4.70. The number of hydrogen-bond acceptors (Lipinski definition) is 1. The number of rotatable bonds is 2. The molecular weight excluding hydrogens is 124 g/mol. The van der Waals surface area contributed by atoms with Crippen molar-refractivity contribution in [3.8, 4) is 0 Å². The van der Waals surface area contributed by atoms with Crippen LogP contribution in [0.15, 0.2) is 0 Å². The smallest absolute Gasteiger partial charge is 0.0462 e. The molecule has 10 heavy (non-hydrogen) atoms. The zero-order chi connectivity index (χ0) is 7.78. The number of aliphatic hydroxyl groups is 1. The fraction of sp³-hybridized carbons (Fsp3) is 1.00. The minimum Gasteiger partial charge on any atom is -0.396 e. The van der Waals surface area contributed by atoms with Crippen LogP contribution in [0, 0.1) is 17.3 Å². The Kier molecular flexibility index (Phi) is 2.04. The zero-order valence-electron chi connectivity index (χ0n) is 7.22. The van der Waals surface area contributed by atoms with E-state index < -0.39 is 0 Å². The summed E-state index contributed by atoms with van der Waals surface area (Å²) in [7, 11) is 0. The lowest BCUT2D eigenvalue weighted by Gasteiger charge is -2.17. The highest BCUT2D eigenvalue weighted by Crippen LogP contribution is 2.45. The molecule has 1 fully saturated rings. The maximum Gasteiger partial charge on any atom is 0.0462 e. The van der Waals surface area contributed by atoms with Gasteiger partial charge in [-0.2, -0.15) is 0 Å². The van der Waals surface area contributed by atoms with E-state index in [9.17, 15) is 0 Å². The Morgan fingerprint density at radius 2 is 1.90 bits per heavy atom. The third-order valence-corrected chi connectivity index (χ3v) is 2.18. The monoisotopic (exact) mass is 142 g/mol. The quantitative estimate of drug-likeness (QED) is 0.625. The molecular formula is C9H18O. The van der Waals surface area contributed by atoms with E-state index in [0.29, 0.717) is 17.9 Å². The van der Waals surface area contributed by atoms with E-state index in [1.54, 1.807) is 0 Å². The molecule has 0 aliphatic heterocycles. The van der Waals surface area contributed by atoms with Crippen LogP contribution < -0.4 is 0 Å². The van der Waals surface area contributed by atoms with Crippen molar-refractivity contribution in [2.75, 3.05) is 6.61 Å². The Balaban J connectivity index is 2.18. The SMILES string of the molecule is CC(C)(C)C[C@H]1C[C@@H]1CO. The molecule has 2 atom stereocenters. The first kappa shape index (κ1) is 8.06. The van der Waals surface area contributed by atoms with E-state index in [-0.39, 0.29) is 0 Å². The largest absolute Gasteiger partial charge is 0.396 e. The first-order valence-electron chi connectivity index (χ1n) is 4.14. The van der Waals surface area contributed by atoms with Gasteiger partial charge in [-0.3, -0.25) is 0 Å². The molecule has 1 N–H and O–H groups in total. The summed E-state index contributed by atoms with van der Waals surface area (Å²) in [5.41, 5.74) is 0.453. The summed E-state index contributed by atoms with van der Waals surface area (Å²) in [5.74, 6) is 1.46. The van der Waals surface area contributed by atoms with Crippen molar-refractivity contribution in [1.29, 1.82) is 0 Å². The van der Waals surface area contributed by atoms with Gasteiger partial charge in [0.05, 0.1) is 0 Å². The van der Waals surface area contributed by atoms with Gasteiger partial charge in [-0.25, -0.2) is 0 Å². The highest BCUT2D eigenvalue weighted by atomic mass is 16.3. The van der Waals surface area contributed by atoms with Crippen molar-refractivity contribution >= 4 is 0 Å². The predicted molar refractivity (Wildman–Crippen MR) is 42.8 cm³/mol. The molecule has 0 aromatic heterocycles. The second kappa shape index (κ2) is 2.54. The Hall–Kier alpha value is -0.0400. The van der Waals surface area contributed by atoms with E-state index in [1.807, 2.05) is 0 Å². The molecule has 0 radical (unpaired) electrons. The van der Waals surface area contributed by atoms with Gasteiger partial charge in [-0.15, -0.1) is 0 Å². The van der Waals surface area contributed by atoms with Crippen LogP contribution in [0.2, 0.25) is 0 Å². The predicted octanol–water partition coefficient (Wildman–Crippen LogP) is 2.05. The Morgan fingerprint density at radius 3 is 2.20 bits per heavy atom. The highest BCUT2D eigenvalue weighted by molar-refractivity contribution is 4.88. The van der Waals surface area contributed by atoms with Gasteiger partial charge in [-0.05, 0) is 30.1 Å². The van der Waals surface area contributed by atoms with Gasteiger partial charge in [0.15, 0.2) is 0 Å². The zero-order valence-corrected chi connectivity index (χ0v) is 7.22. The minimum absolute atomic E-state index is 0.404. The standard InChI is InChI=1S/C9H18O/c1-9(2,3)5-7-4-8(7)6-10/h7-8,10H,4-6H2,1-3H3/t7-,8-/m1/s1. The van der Waals surface area contributed by atoms with Crippen LogP contribution in [0.25, 0.3) is 0 Å². The molecule has 0 saturated heterocycles. The molecule has 0 unspecified atom stereocenters. The Labute approximate surface area is 63.4 Å². The van der Waals surface area contributed by atoms with Crippen molar-refractivity contribution in [2.24, 2.45) is 17.3 Å². The number of hydrogen-bond donors (Lipinski definition) is 1. The van der Waals surface area contributed by atoms with E-state index in [1.165, 1.54) is 12.8 Å². The van der Waals surface area contributed by atoms with Gasteiger partial charge in [0.2, 0.25) is 0 Å². The normalized spacial score (nSPS) is 32.4. The first-order valence-corrected chi connectivity index (χ1v) is 4.14. The Bertz CT molecular complexity index is 112. The van der Waals surface area contributed by atoms with Gasteiger partial charge in [0, 0.05) is 6.61 Å². The average molecular weight is 142 g/mol. The summed E-state index contributed by atoms with van der Waals surface area (Å²) in [6.45, 7) is 7.19. The van der Waals surface area contributed by atoms with Crippen LogP contribution in [-0.2, 0) is 0 Å². The summed E-state index contributed by atoms with van der Waals surface area (Å²) < 4.78 is 0. The van der Waals surface area contributed by atoms with Crippen LogP contribution in [0.3, 0.4) is 0 Å². The molecule has 0 aromatic rings. The fourth-order valence-electron chi connectivity index (χ4n) is 1.57. The number of aliphatic hydroxyl groups excluding tert-OH is 1. The molecule has 0 bridgehead atoms. The third kappa shape index (κ3) is 2.30. The Morgan fingerprint density at radius 1 is 1.30 bits per heavy atom. The van der Waals surface area contributed by atoms with Crippen LogP contribution >= 0.6 is 0 Å². The van der Waals surface area contributed by atoms with E-state index in [0.717, 1.165) is 5.92 Å². The molecule has 1 saturated carbocycles. The van der Waals surface area contributed by atoms with Gasteiger partial charge < -0.3 is 5.11 Å². The van der Waals surface area contributed by atoms with Crippen LogP contribution in [0.4, 0.5) is 0 Å². The maximum atomic E-state index is 8.77. The lowest BCUT2D eigenvalue weighted by atomic mass is 9.89. The van der Waals surface area contributed by atoms with E-state index in [4.69, 9.17) is 5.11 Å². The van der Waals surface area contributed by atoms with Gasteiger partial charge >= 0.3 is 0 Å². The van der Waals surface area contributed by atoms with Crippen molar-refractivity contribution in [3.05, 3.63) is 0 Å². The van der Waals surface area contributed by atoms with Crippen molar-refractivity contribution in [1.82, 2.24) is 0 Å². The maximum absolute atomic E-state index is 8.77. The van der Waals surface area contributed by atoms with Crippen molar-refractivity contribution in [3.63, 3.8) is 0 Å². The fourth-order valence-corrected chi connectivity index (χ4v) is 1.57. The lowest BCUT2D eigenvalue weighted by Crippen LogP contribution is -2.06. The molecule has 0 spiro atoms. The summed E-state index contributed by atoms with van der Waals surface area (Å²) in [6, 6.07) is 0. The van der Waals surface area contributed by atoms with Gasteiger partial charge in [0.25, 0.3) is 0 Å². The van der Waals surface area contributed by atoms with Crippen LogP contribution in [-0.4, -0.2) is 11.7 Å². The highest BCUT2D eigenvalue weighted by Gasteiger charge is 2.38. The van der Waals surface area contributed by atoms with Crippen LogP contribution in [0.1, 0.15) is 33.6 Å². The van der Waals surface area contributed by atoms with E-state index >= 15 is 0 Å². The van der Waals surface area contributed by atoms with E-state index in [2.05, 4.69) is 20.8 Å². The molecule has 0 heterocycles. The topological polar surface area (TPSA) is 20.2 Å². The molecule has 1 rings (SSSR count). The minimum atomic E-state index is 0.404. The summed E-state index contributed by atoms with van der Waals surface area (Å²) in [4.78, 5) is 0. The summed E-state index contributed by atoms with van der Waals surface area (Å²) in [6.07, 6.45) is 2.53.